The maximum absolute atomic E-state index is 10.7. The summed E-state index contributed by atoms with van der Waals surface area (Å²) in [5, 5.41) is 12.1. The minimum absolute atomic E-state index is 0.148. The third-order valence-corrected chi connectivity index (χ3v) is 2.93. The van der Waals surface area contributed by atoms with Crippen molar-refractivity contribution < 1.29 is 9.90 Å². The Morgan fingerprint density at radius 3 is 2.93 bits per heavy atom. The van der Waals surface area contributed by atoms with Crippen molar-refractivity contribution >= 4 is 5.97 Å². The number of likely N-dealkylation sites (N-methyl/N-ethyl adjacent to an activating group) is 1. The predicted molar refractivity (Wildman–Crippen MR) is 55.4 cm³/mol. The molecule has 0 aliphatic carbocycles. The highest BCUT2D eigenvalue weighted by Gasteiger charge is 2.26. The number of nitrogens with zero attached hydrogens (tertiary/aromatic N) is 1. The highest BCUT2D eigenvalue weighted by Crippen LogP contribution is 2.13. The maximum Gasteiger partial charge on any atom is 0.304 e. The quantitative estimate of drug-likeness (QED) is 0.698. The topological polar surface area (TPSA) is 52.6 Å². The minimum Gasteiger partial charge on any atom is -0.481 e. The molecule has 1 rings (SSSR count). The molecule has 2 atom stereocenters. The fourth-order valence-electron chi connectivity index (χ4n) is 2.18. The predicted octanol–water partition coefficient (Wildman–Crippen LogP) is 0.533. The van der Waals surface area contributed by atoms with Crippen LogP contribution in [0.1, 0.15) is 26.7 Å². The van der Waals surface area contributed by atoms with Crippen molar-refractivity contribution in [2.24, 2.45) is 0 Å². The summed E-state index contributed by atoms with van der Waals surface area (Å²) in [6.45, 7) is 6.99. The van der Waals surface area contributed by atoms with Crippen LogP contribution >= 0.6 is 0 Å². The van der Waals surface area contributed by atoms with Crippen LogP contribution in [0.15, 0.2) is 0 Å². The molecule has 4 nitrogen and oxygen atoms in total. The molecule has 2 N–H and O–H groups in total. The Morgan fingerprint density at radius 1 is 1.64 bits per heavy atom. The normalized spacial score (nSPS) is 29.9. The molecule has 0 amide bonds. The van der Waals surface area contributed by atoms with Crippen LogP contribution in [0.5, 0.6) is 0 Å². The van der Waals surface area contributed by atoms with E-state index in [1.165, 1.54) is 0 Å². The summed E-state index contributed by atoms with van der Waals surface area (Å²) >= 11 is 0. The second kappa shape index (κ2) is 5.32. The zero-order valence-corrected chi connectivity index (χ0v) is 8.99. The van der Waals surface area contributed by atoms with Crippen LogP contribution in [0, 0.1) is 0 Å². The molecule has 0 radical (unpaired) electrons. The van der Waals surface area contributed by atoms with Crippen LogP contribution in [0.25, 0.3) is 0 Å². The lowest BCUT2D eigenvalue weighted by atomic mass is 10.1. The number of carbonyl (C=O) groups is 1. The number of hydrogen-bond donors (Lipinski definition) is 2. The molecule has 0 saturated carbocycles. The number of aliphatic carboxylic acids is 1. The van der Waals surface area contributed by atoms with Gasteiger partial charge in [-0.15, -0.1) is 0 Å². The van der Waals surface area contributed by atoms with Crippen molar-refractivity contribution in [3.63, 3.8) is 0 Å². The van der Waals surface area contributed by atoms with Gasteiger partial charge in [0, 0.05) is 18.6 Å². The second-order valence-electron chi connectivity index (χ2n) is 3.92. The van der Waals surface area contributed by atoms with Gasteiger partial charge in [0.25, 0.3) is 0 Å². The van der Waals surface area contributed by atoms with E-state index in [1.54, 1.807) is 0 Å². The Morgan fingerprint density at radius 2 is 2.36 bits per heavy atom. The van der Waals surface area contributed by atoms with Crippen molar-refractivity contribution in [3.05, 3.63) is 0 Å². The van der Waals surface area contributed by atoms with Gasteiger partial charge in [0.1, 0.15) is 0 Å². The number of carboxylic acids is 1. The summed E-state index contributed by atoms with van der Waals surface area (Å²) in [4.78, 5) is 13.0. The third kappa shape index (κ3) is 2.96. The lowest BCUT2D eigenvalue weighted by molar-refractivity contribution is -0.138. The van der Waals surface area contributed by atoms with E-state index in [9.17, 15) is 4.79 Å². The van der Waals surface area contributed by atoms with Crippen molar-refractivity contribution in [1.82, 2.24) is 10.2 Å². The molecule has 1 saturated heterocycles. The van der Waals surface area contributed by atoms with Crippen molar-refractivity contribution in [3.8, 4) is 0 Å². The van der Waals surface area contributed by atoms with Crippen LogP contribution in [-0.4, -0.2) is 47.7 Å². The van der Waals surface area contributed by atoms with E-state index in [0.717, 1.165) is 26.1 Å². The molecule has 1 aliphatic heterocycles. The molecule has 82 valence electrons. The number of nitrogens with one attached hydrogen (secondary N) is 1. The number of carboxylic acid groups (broad SMARTS) is 1. The molecule has 14 heavy (non-hydrogen) atoms. The first kappa shape index (κ1) is 11.5. The molecule has 1 fully saturated rings. The van der Waals surface area contributed by atoms with E-state index < -0.39 is 5.97 Å². The SMILES string of the molecule is CCN1C(C)CCNCC1CC(=O)O. The van der Waals surface area contributed by atoms with Gasteiger partial charge in [-0.3, -0.25) is 9.69 Å². The Hall–Kier alpha value is -0.610. The highest BCUT2D eigenvalue weighted by molar-refractivity contribution is 5.67. The average molecular weight is 200 g/mol. The summed E-state index contributed by atoms with van der Waals surface area (Å²) in [6, 6.07) is 0.634. The Kier molecular flexibility index (Phi) is 4.35. The summed E-state index contributed by atoms with van der Waals surface area (Å²) in [7, 11) is 0. The van der Waals surface area contributed by atoms with Crippen LogP contribution < -0.4 is 5.32 Å². The molecule has 1 heterocycles. The second-order valence-corrected chi connectivity index (χ2v) is 3.92. The first-order valence-corrected chi connectivity index (χ1v) is 5.33. The van der Waals surface area contributed by atoms with E-state index >= 15 is 0 Å². The van der Waals surface area contributed by atoms with Crippen LogP contribution in [0.2, 0.25) is 0 Å². The van der Waals surface area contributed by atoms with Gasteiger partial charge in [-0.1, -0.05) is 6.92 Å². The molecule has 1 aliphatic rings. The Bertz CT molecular complexity index is 197. The molecule has 0 aromatic rings. The zero-order valence-electron chi connectivity index (χ0n) is 8.99. The average Bonchev–Trinajstić information content (AvgIpc) is 2.27. The van der Waals surface area contributed by atoms with E-state index in [4.69, 9.17) is 5.11 Å². The van der Waals surface area contributed by atoms with Gasteiger partial charge in [0.2, 0.25) is 0 Å². The first-order chi connectivity index (χ1) is 6.65. The molecule has 4 heteroatoms. The maximum atomic E-state index is 10.7. The monoisotopic (exact) mass is 200 g/mol. The minimum atomic E-state index is -0.704. The van der Waals surface area contributed by atoms with Gasteiger partial charge >= 0.3 is 5.97 Å². The van der Waals surface area contributed by atoms with Crippen molar-refractivity contribution in [2.75, 3.05) is 19.6 Å². The largest absolute Gasteiger partial charge is 0.481 e. The molecule has 0 aromatic heterocycles. The fourth-order valence-corrected chi connectivity index (χ4v) is 2.18. The number of hydrogen-bond acceptors (Lipinski definition) is 3. The van der Waals surface area contributed by atoms with Crippen LogP contribution in [-0.2, 0) is 4.79 Å². The highest BCUT2D eigenvalue weighted by atomic mass is 16.4. The van der Waals surface area contributed by atoms with Gasteiger partial charge in [-0.25, -0.2) is 0 Å². The van der Waals surface area contributed by atoms with Gasteiger partial charge < -0.3 is 10.4 Å². The summed E-state index contributed by atoms with van der Waals surface area (Å²) in [5.74, 6) is -0.704. The first-order valence-electron chi connectivity index (χ1n) is 5.33. The Labute approximate surface area is 85.3 Å². The molecular formula is C10H20N2O2. The smallest absolute Gasteiger partial charge is 0.304 e. The van der Waals surface area contributed by atoms with Crippen molar-refractivity contribution in [1.29, 1.82) is 0 Å². The zero-order chi connectivity index (χ0) is 10.6. The van der Waals surface area contributed by atoms with E-state index in [2.05, 4.69) is 24.1 Å². The van der Waals surface area contributed by atoms with Gasteiger partial charge in [0.05, 0.1) is 6.42 Å². The number of rotatable bonds is 3. The van der Waals surface area contributed by atoms with Gasteiger partial charge in [-0.2, -0.15) is 0 Å². The van der Waals surface area contributed by atoms with Gasteiger partial charge in [-0.05, 0) is 26.4 Å². The molecular weight excluding hydrogens is 180 g/mol. The lowest BCUT2D eigenvalue weighted by Crippen LogP contribution is -2.44. The summed E-state index contributed by atoms with van der Waals surface area (Å²) in [5.41, 5.74) is 0. The fraction of sp³-hybridized carbons (Fsp3) is 0.900. The molecule has 2 unspecified atom stereocenters. The summed E-state index contributed by atoms with van der Waals surface area (Å²) in [6.07, 6.45) is 1.34. The lowest BCUT2D eigenvalue weighted by Gasteiger charge is -2.32. The third-order valence-electron chi connectivity index (χ3n) is 2.93. The molecule has 0 bridgehead atoms. The van der Waals surface area contributed by atoms with Gasteiger partial charge in [0.15, 0.2) is 0 Å². The van der Waals surface area contributed by atoms with E-state index in [-0.39, 0.29) is 12.5 Å². The van der Waals surface area contributed by atoms with Crippen LogP contribution in [0.4, 0.5) is 0 Å². The van der Waals surface area contributed by atoms with Crippen molar-refractivity contribution in [2.45, 2.75) is 38.8 Å². The van der Waals surface area contributed by atoms with E-state index in [1.807, 2.05) is 0 Å². The molecule has 0 spiro atoms. The van der Waals surface area contributed by atoms with E-state index in [0.29, 0.717) is 6.04 Å². The standard InChI is InChI=1S/C10H20N2O2/c1-3-12-8(2)4-5-11-7-9(12)6-10(13)14/h8-9,11H,3-7H2,1-2H3,(H,13,14). The molecule has 0 aromatic carbocycles. The Balaban J connectivity index is 2.61. The summed E-state index contributed by atoms with van der Waals surface area (Å²) < 4.78 is 0. The van der Waals surface area contributed by atoms with Crippen LogP contribution in [0.3, 0.4) is 0 Å².